The van der Waals surface area contributed by atoms with E-state index in [0.29, 0.717) is 23.7 Å². The molecule has 0 aliphatic carbocycles. The smallest absolute Gasteiger partial charge is 0.131 e. The Balaban J connectivity index is 2.81. The van der Waals surface area contributed by atoms with Crippen molar-refractivity contribution in [3.63, 3.8) is 0 Å². The molecule has 4 nitrogen and oxygen atoms in total. The third kappa shape index (κ3) is 3.14. The summed E-state index contributed by atoms with van der Waals surface area (Å²) in [7, 11) is 0. The fourth-order valence-electron chi connectivity index (χ4n) is 1.29. The van der Waals surface area contributed by atoms with Crippen LogP contribution < -0.4 is 5.73 Å². The van der Waals surface area contributed by atoms with Crippen molar-refractivity contribution in [1.82, 2.24) is 4.98 Å². The topological polar surface area (TPSA) is 79.4 Å². The fourth-order valence-corrected chi connectivity index (χ4v) is 1.40. The van der Waals surface area contributed by atoms with Crippen molar-refractivity contribution in [2.24, 2.45) is 5.73 Å². The molecule has 0 amide bonds. The maximum Gasteiger partial charge on any atom is 0.131 e. The summed E-state index contributed by atoms with van der Waals surface area (Å²) in [5.74, 6) is 0. The Labute approximate surface area is 93.7 Å². The van der Waals surface area contributed by atoms with Gasteiger partial charge in [0.25, 0.3) is 0 Å². The van der Waals surface area contributed by atoms with Crippen LogP contribution in [-0.2, 0) is 0 Å². The molecule has 4 N–H and O–H groups in total. The normalized spacial score (nSPS) is 15.0. The molecule has 2 atom stereocenters. The van der Waals surface area contributed by atoms with E-state index in [1.54, 1.807) is 13.0 Å². The Kier molecular flexibility index (Phi) is 4.47. The molecule has 0 aliphatic heterocycles. The molecule has 0 saturated carbocycles. The quantitative estimate of drug-likeness (QED) is 0.668. The van der Waals surface area contributed by atoms with Gasteiger partial charge in [0, 0.05) is 11.8 Å². The van der Waals surface area contributed by atoms with Crippen molar-refractivity contribution >= 4 is 11.6 Å². The molecule has 1 heterocycles. The van der Waals surface area contributed by atoms with Gasteiger partial charge in [0.2, 0.25) is 0 Å². The van der Waals surface area contributed by atoms with Gasteiger partial charge in [-0.3, -0.25) is 0 Å². The molecule has 1 rings (SSSR count). The highest BCUT2D eigenvalue weighted by Gasteiger charge is 2.18. The van der Waals surface area contributed by atoms with Gasteiger partial charge in [-0.25, -0.2) is 4.98 Å². The van der Waals surface area contributed by atoms with Gasteiger partial charge >= 0.3 is 0 Å². The van der Waals surface area contributed by atoms with Crippen LogP contribution in [0.5, 0.6) is 0 Å². The van der Waals surface area contributed by atoms with E-state index in [-0.39, 0.29) is 0 Å². The lowest BCUT2D eigenvalue weighted by atomic mass is 10.0. The Morgan fingerprint density at radius 3 is 2.73 bits per heavy atom. The number of nitrogens with two attached hydrogens (primary N) is 1. The van der Waals surface area contributed by atoms with Crippen LogP contribution in [0, 0.1) is 6.92 Å². The van der Waals surface area contributed by atoms with Crippen LogP contribution in [0.25, 0.3) is 0 Å². The zero-order valence-corrected chi connectivity index (χ0v) is 9.28. The summed E-state index contributed by atoms with van der Waals surface area (Å²) >= 11 is 5.75. The van der Waals surface area contributed by atoms with E-state index in [0.717, 1.165) is 5.56 Å². The van der Waals surface area contributed by atoms with E-state index in [1.807, 2.05) is 0 Å². The van der Waals surface area contributed by atoms with Gasteiger partial charge in [-0.2, -0.15) is 0 Å². The summed E-state index contributed by atoms with van der Waals surface area (Å²) in [6.07, 6.45) is -0.0165. The second-order valence-corrected chi connectivity index (χ2v) is 3.82. The molecular weight excluding hydrogens is 216 g/mol. The molecule has 1 aromatic rings. The highest BCUT2D eigenvalue weighted by atomic mass is 35.5. The van der Waals surface area contributed by atoms with Crippen molar-refractivity contribution in [3.05, 3.63) is 28.5 Å². The summed E-state index contributed by atoms with van der Waals surface area (Å²) in [5.41, 5.74) is 6.62. The molecule has 2 unspecified atom stereocenters. The first-order chi connectivity index (χ1) is 7.06. The van der Waals surface area contributed by atoms with Gasteiger partial charge in [0.1, 0.15) is 11.3 Å². The highest BCUT2D eigenvalue weighted by molar-refractivity contribution is 6.30. The summed E-state index contributed by atoms with van der Waals surface area (Å²) in [4.78, 5) is 3.91. The number of hydrogen-bond acceptors (Lipinski definition) is 4. The lowest BCUT2D eigenvalue weighted by Crippen LogP contribution is -2.22. The number of aromatic nitrogens is 1. The predicted octanol–water partition coefficient (Wildman–Crippen LogP) is 0.787. The van der Waals surface area contributed by atoms with Crippen LogP contribution in [0.2, 0.25) is 5.15 Å². The van der Waals surface area contributed by atoms with Crippen LogP contribution in [0.1, 0.15) is 23.7 Å². The van der Waals surface area contributed by atoms with Gasteiger partial charge < -0.3 is 15.9 Å². The van der Waals surface area contributed by atoms with E-state index < -0.39 is 12.2 Å². The van der Waals surface area contributed by atoms with E-state index in [1.165, 1.54) is 6.20 Å². The minimum atomic E-state index is -0.961. The summed E-state index contributed by atoms with van der Waals surface area (Å²) in [6, 6.07) is 1.71. The second kappa shape index (κ2) is 5.42. The van der Waals surface area contributed by atoms with Crippen molar-refractivity contribution in [1.29, 1.82) is 0 Å². The van der Waals surface area contributed by atoms with Gasteiger partial charge in [-0.1, -0.05) is 11.6 Å². The minimum absolute atomic E-state index is 0.332. The standard InChI is InChI=1S/C10H15ClN2O2/c1-6-4-7(5-13-10(6)11)9(15)8(14)2-3-12/h4-5,8-9,14-15H,2-3,12H2,1H3. The maximum absolute atomic E-state index is 9.75. The highest BCUT2D eigenvalue weighted by Crippen LogP contribution is 2.21. The molecule has 0 spiro atoms. The third-order valence-corrected chi connectivity index (χ3v) is 2.60. The lowest BCUT2D eigenvalue weighted by molar-refractivity contribution is 0.0148. The molecule has 0 radical (unpaired) electrons. The third-order valence-electron chi connectivity index (χ3n) is 2.20. The summed E-state index contributed by atoms with van der Waals surface area (Å²) in [5, 5.41) is 19.7. The van der Waals surface area contributed by atoms with Crippen LogP contribution in [0.15, 0.2) is 12.3 Å². The van der Waals surface area contributed by atoms with Gasteiger partial charge in [0.15, 0.2) is 0 Å². The first-order valence-electron chi connectivity index (χ1n) is 4.74. The lowest BCUT2D eigenvalue weighted by Gasteiger charge is -2.17. The summed E-state index contributed by atoms with van der Waals surface area (Å²) < 4.78 is 0. The molecule has 15 heavy (non-hydrogen) atoms. The first-order valence-corrected chi connectivity index (χ1v) is 5.12. The average molecular weight is 231 g/mol. The van der Waals surface area contributed by atoms with Gasteiger partial charge in [0.05, 0.1) is 6.10 Å². The number of hydrogen-bond donors (Lipinski definition) is 3. The SMILES string of the molecule is Cc1cc(C(O)C(O)CCN)cnc1Cl. The van der Waals surface area contributed by atoms with Crippen LogP contribution in [0.4, 0.5) is 0 Å². The van der Waals surface area contributed by atoms with Crippen molar-refractivity contribution in [3.8, 4) is 0 Å². The van der Waals surface area contributed by atoms with Gasteiger partial charge in [-0.05, 0) is 31.5 Å². The second-order valence-electron chi connectivity index (χ2n) is 3.47. The van der Waals surface area contributed by atoms with Gasteiger partial charge in [-0.15, -0.1) is 0 Å². The predicted molar refractivity (Wildman–Crippen MR) is 58.6 cm³/mol. The Morgan fingerprint density at radius 1 is 1.53 bits per heavy atom. The molecule has 5 heteroatoms. The molecule has 1 aromatic heterocycles. The van der Waals surface area contributed by atoms with Crippen molar-refractivity contribution < 1.29 is 10.2 Å². The zero-order valence-electron chi connectivity index (χ0n) is 8.52. The molecule has 0 saturated heterocycles. The molecule has 0 aromatic carbocycles. The number of rotatable bonds is 4. The first kappa shape index (κ1) is 12.4. The molecule has 84 valence electrons. The number of pyridine rings is 1. The maximum atomic E-state index is 9.75. The number of halogens is 1. The molecular formula is C10H15ClN2O2. The Hall–Kier alpha value is -0.680. The number of aliphatic hydroxyl groups excluding tert-OH is 2. The minimum Gasteiger partial charge on any atom is -0.390 e. The zero-order chi connectivity index (χ0) is 11.4. The Bertz CT molecular complexity index is 333. The number of aryl methyl sites for hydroxylation is 1. The molecule has 0 aliphatic rings. The van der Waals surface area contributed by atoms with E-state index in [4.69, 9.17) is 17.3 Å². The molecule has 0 bridgehead atoms. The largest absolute Gasteiger partial charge is 0.390 e. The van der Waals surface area contributed by atoms with Crippen LogP contribution in [0.3, 0.4) is 0 Å². The number of nitrogens with zero attached hydrogens (tertiary/aromatic N) is 1. The van der Waals surface area contributed by atoms with Crippen LogP contribution in [-0.4, -0.2) is 27.8 Å². The fraction of sp³-hybridized carbons (Fsp3) is 0.500. The molecule has 0 fully saturated rings. The monoisotopic (exact) mass is 230 g/mol. The number of aliphatic hydroxyl groups is 2. The van der Waals surface area contributed by atoms with E-state index in [9.17, 15) is 10.2 Å². The Morgan fingerprint density at radius 2 is 2.20 bits per heavy atom. The average Bonchev–Trinajstić information content (AvgIpc) is 2.21. The van der Waals surface area contributed by atoms with Crippen LogP contribution >= 0.6 is 11.6 Å². The van der Waals surface area contributed by atoms with Crippen molar-refractivity contribution in [2.45, 2.75) is 25.6 Å². The van der Waals surface area contributed by atoms with Crippen molar-refractivity contribution in [2.75, 3.05) is 6.54 Å². The van der Waals surface area contributed by atoms with E-state index in [2.05, 4.69) is 4.98 Å². The van der Waals surface area contributed by atoms with E-state index >= 15 is 0 Å². The summed E-state index contributed by atoms with van der Waals surface area (Å²) in [6.45, 7) is 2.12.